The molecule has 2 aromatic rings. The number of nitrogens with zero attached hydrogens (tertiary/aromatic N) is 4. The van der Waals surface area contributed by atoms with Crippen LogP contribution in [-0.2, 0) is 9.59 Å². The van der Waals surface area contributed by atoms with Gasteiger partial charge in [0.25, 0.3) is 5.91 Å². The fraction of sp³-hybridized carbons (Fsp3) is 0.364. The third kappa shape index (κ3) is 1.92. The Morgan fingerprint density at radius 2 is 2.25 bits per heavy atom. The molecule has 4 N–H and O–H groups in total. The Kier molecular flexibility index (Phi) is 2.74. The van der Waals surface area contributed by atoms with Gasteiger partial charge in [-0.05, 0) is 6.42 Å². The highest BCUT2D eigenvalue weighted by Crippen LogP contribution is 2.22. The summed E-state index contributed by atoms with van der Waals surface area (Å²) in [5.41, 5.74) is 6.11. The number of imide groups is 1. The first kappa shape index (κ1) is 12.3. The van der Waals surface area contributed by atoms with Crippen LogP contribution in [0.5, 0.6) is 0 Å². The van der Waals surface area contributed by atoms with Gasteiger partial charge >= 0.3 is 0 Å². The number of piperidine rings is 1. The van der Waals surface area contributed by atoms with Crippen molar-refractivity contribution in [2.45, 2.75) is 18.9 Å². The van der Waals surface area contributed by atoms with E-state index in [1.165, 1.54) is 7.05 Å². The van der Waals surface area contributed by atoms with Crippen molar-refractivity contribution >= 4 is 34.6 Å². The van der Waals surface area contributed by atoms with Gasteiger partial charge in [0.05, 0.1) is 11.6 Å². The largest absolute Gasteiger partial charge is 0.368 e. The summed E-state index contributed by atoms with van der Waals surface area (Å²) in [5, 5.41) is 10.2. The van der Waals surface area contributed by atoms with E-state index in [9.17, 15) is 9.59 Å². The van der Waals surface area contributed by atoms with E-state index in [1.54, 1.807) is 6.20 Å². The standard InChI is InChI=1S/C11H13N7O2/c1-18-7(19)3-2-6(10(18)20)14-8-5-4-13-17-9(5)16-11(12)15-8/h4,6H,2-3H2,1H3,(H4,12,13,14,15,16,17). The predicted octanol–water partition coefficient (Wildman–Crippen LogP) is -0.506. The summed E-state index contributed by atoms with van der Waals surface area (Å²) in [4.78, 5) is 32.7. The highest BCUT2D eigenvalue weighted by atomic mass is 16.2. The molecule has 0 aliphatic carbocycles. The Morgan fingerprint density at radius 3 is 3.05 bits per heavy atom. The molecule has 1 aliphatic rings. The molecule has 2 aromatic heterocycles. The van der Waals surface area contributed by atoms with Gasteiger partial charge in [0.2, 0.25) is 11.9 Å². The van der Waals surface area contributed by atoms with Gasteiger partial charge in [-0.25, -0.2) is 0 Å². The van der Waals surface area contributed by atoms with Crippen molar-refractivity contribution < 1.29 is 9.59 Å². The second-order valence-electron chi connectivity index (χ2n) is 4.59. The smallest absolute Gasteiger partial charge is 0.251 e. The number of nitrogen functional groups attached to an aromatic ring is 1. The first-order chi connectivity index (χ1) is 9.56. The number of amides is 2. The molecule has 1 atom stereocenters. The van der Waals surface area contributed by atoms with Crippen molar-refractivity contribution in [1.82, 2.24) is 25.1 Å². The van der Waals surface area contributed by atoms with Gasteiger partial charge in [-0.2, -0.15) is 15.1 Å². The number of rotatable bonds is 2. The highest BCUT2D eigenvalue weighted by molar-refractivity contribution is 6.02. The Balaban J connectivity index is 1.91. The van der Waals surface area contributed by atoms with Crippen LogP contribution in [0.25, 0.3) is 11.0 Å². The first-order valence-electron chi connectivity index (χ1n) is 6.10. The predicted molar refractivity (Wildman–Crippen MR) is 70.5 cm³/mol. The van der Waals surface area contributed by atoms with E-state index in [4.69, 9.17) is 5.73 Å². The van der Waals surface area contributed by atoms with Crippen LogP contribution < -0.4 is 11.1 Å². The molecule has 0 bridgehead atoms. The molecule has 0 spiro atoms. The van der Waals surface area contributed by atoms with Crippen molar-refractivity contribution in [3.05, 3.63) is 6.20 Å². The lowest BCUT2D eigenvalue weighted by atomic mass is 10.0. The number of fused-ring (bicyclic) bond motifs is 1. The van der Waals surface area contributed by atoms with Gasteiger partial charge in [0.15, 0.2) is 5.65 Å². The number of anilines is 2. The molecule has 104 valence electrons. The SMILES string of the molecule is CN1C(=O)CCC(Nc2nc(N)nc3[nH]ncc23)C1=O. The van der Waals surface area contributed by atoms with Crippen molar-refractivity contribution in [3.63, 3.8) is 0 Å². The number of aromatic nitrogens is 4. The van der Waals surface area contributed by atoms with E-state index in [-0.39, 0.29) is 17.8 Å². The number of likely N-dealkylation sites (tertiary alicyclic amines) is 1. The quantitative estimate of drug-likeness (QED) is 0.629. The van der Waals surface area contributed by atoms with Crippen LogP contribution >= 0.6 is 0 Å². The molecular weight excluding hydrogens is 262 g/mol. The lowest BCUT2D eigenvalue weighted by Crippen LogP contribution is -2.48. The average molecular weight is 275 g/mol. The Hall–Kier alpha value is -2.71. The average Bonchev–Trinajstić information content (AvgIpc) is 2.87. The number of aromatic amines is 1. The maximum absolute atomic E-state index is 12.0. The van der Waals surface area contributed by atoms with Crippen LogP contribution in [0.15, 0.2) is 6.20 Å². The summed E-state index contributed by atoms with van der Waals surface area (Å²) >= 11 is 0. The van der Waals surface area contributed by atoms with Gasteiger partial charge in [0, 0.05) is 13.5 Å². The monoisotopic (exact) mass is 275 g/mol. The van der Waals surface area contributed by atoms with Crippen LogP contribution in [0, 0.1) is 0 Å². The van der Waals surface area contributed by atoms with Crippen LogP contribution in [0.1, 0.15) is 12.8 Å². The molecule has 20 heavy (non-hydrogen) atoms. The van der Waals surface area contributed by atoms with Crippen molar-refractivity contribution in [2.75, 3.05) is 18.1 Å². The summed E-state index contributed by atoms with van der Waals surface area (Å²) in [6.07, 6.45) is 2.29. The van der Waals surface area contributed by atoms with Gasteiger partial charge in [-0.1, -0.05) is 0 Å². The molecule has 0 aromatic carbocycles. The van der Waals surface area contributed by atoms with Crippen LogP contribution in [0.4, 0.5) is 11.8 Å². The van der Waals surface area contributed by atoms with E-state index in [0.29, 0.717) is 29.7 Å². The molecule has 3 rings (SSSR count). The fourth-order valence-electron chi connectivity index (χ4n) is 2.18. The molecule has 1 aliphatic heterocycles. The van der Waals surface area contributed by atoms with E-state index >= 15 is 0 Å². The topological polar surface area (TPSA) is 130 Å². The zero-order valence-corrected chi connectivity index (χ0v) is 10.8. The van der Waals surface area contributed by atoms with E-state index in [0.717, 1.165) is 4.90 Å². The molecule has 0 saturated carbocycles. The molecule has 1 fully saturated rings. The maximum atomic E-state index is 12.0. The number of carbonyl (C=O) groups excluding carboxylic acids is 2. The van der Waals surface area contributed by atoms with E-state index < -0.39 is 6.04 Å². The number of nitrogens with two attached hydrogens (primary N) is 1. The van der Waals surface area contributed by atoms with Gasteiger partial charge < -0.3 is 11.1 Å². The number of likely N-dealkylation sites (N-methyl/N-ethyl adjacent to an activating group) is 1. The summed E-state index contributed by atoms with van der Waals surface area (Å²) in [7, 11) is 1.47. The lowest BCUT2D eigenvalue weighted by Gasteiger charge is -2.28. The van der Waals surface area contributed by atoms with E-state index in [2.05, 4.69) is 25.5 Å². The second-order valence-corrected chi connectivity index (χ2v) is 4.59. The summed E-state index contributed by atoms with van der Waals surface area (Å²) in [6, 6.07) is -0.509. The maximum Gasteiger partial charge on any atom is 0.251 e. The number of hydrogen-bond acceptors (Lipinski definition) is 7. The molecule has 3 heterocycles. The summed E-state index contributed by atoms with van der Waals surface area (Å²) in [6.45, 7) is 0. The molecule has 1 saturated heterocycles. The van der Waals surface area contributed by atoms with Gasteiger partial charge in [-0.15, -0.1) is 0 Å². The lowest BCUT2D eigenvalue weighted by molar-refractivity contribution is -0.146. The first-order valence-corrected chi connectivity index (χ1v) is 6.10. The Morgan fingerprint density at radius 1 is 1.45 bits per heavy atom. The summed E-state index contributed by atoms with van der Waals surface area (Å²) < 4.78 is 0. The van der Waals surface area contributed by atoms with E-state index in [1.807, 2.05) is 0 Å². The molecular formula is C11H13N7O2. The van der Waals surface area contributed by atoms with Crippen molar-refractivity contribution in [1.29, 1.82) is 0 Å². The highest BCUT2D eigenvalue weighted by Gasteiger charge is 2.32. The van der Waals surface area contributed by atoms with Gasteiger partial charge in [0.1, 0.15) is 11.9 Å². The Labute approximate surface area is 113 Å². The molecule has 2 amide bonds. The minimum absolute atomic E-state index is 0.0805. The van der Waals surface area contributed by atoms with Gasteiger partial charge in [-0.3, -0.25) is 19.6 Å². The van der Waals surface area contributed by atoms with Crippen LogP contribution in [0.3, 0.4) is 0 Å². The molecule has 1 unspecified atom stereocenters. The number of hydrogen-bond donors (Lipinski definition) is 3. The zero-order chi connectivity index (χ0) is 14.3. The molecule has 9 nitrogen and oxygen atoms in total. The number of H-pyrrole nitrogens is 1. The number of nitrogens with one attached hydrogen (secondary N) is 2. The van der Waals surface area contributed by atoms with Crippen LogP contribution in [-0.4, -0.2) is 50.0 Å². The zero-order valence-electron chi connectivity index (χ0n) is 10.8. The second kappa shape index (κ2) is 4.44. The molecule has 0 radical (unpaired) electrons. The van der Waals surface area contributed by atoms with Crippen molar-refractivity contribution in [2.24, 2.45) is 0 Å². The third-order valence-electron chi connectivity index (χ3n) is 3.29. The van der Waals surface area contributed by atoms with Crippen molar-refractivity contribution in [3.8, 4) is 0 Å². The Bertz CT molecular complexity index is 695. The summed E-state index contributed by atoms with van der Waals surface area (Å²) in [5.74, 6) is 0.0538. The fourth-order valence-corrected chi connectivity index (χ4v) is 2.18. The number of carbonyl (C=O) groups is 2. The molecule has 9 heteroatoms. The third-order valence-corrected chi connectivity index (χ3v) is 3.29. The minimum Gasteiger partial charge on any atom is -0.368 e. The minimum atomic E-state index is -0.509. The normalized spacial score (nSPS) is 19.6. The van der Waals surface area contributed by atoms with Crippen LogP contribution in [0.2, 0.25) is 0 Å².